The van der Waals surface area contributed by atoms with Crippen LogP contribution < -0.4 is 4.90 Å². The maximum Gasteiger partial charge on any atom is 0.269 e. The van der Waals surface area contributed by atoms with Gasteiger partial charge in [-0.1, -0.05) is 22.0 Å². The highest BCUT2D eigenvalue weighted by atomic mass is 79.9. The highest BCUT2D eigenvalue weighted by molar-refractivity contribution is 9.08. The Morgan fingerprint density at radius 3 is 2.65 bits per heavy atom. The van der Waals surface area contributed by atoms with Crippen molar-refractivity contribution in [3.63, 3.8) is 0 Å². The first-order chi connectivity index (χ1) is 9.52. The molecule has 4 nitrogen and oxygen atoms in total. The molecule has 20 heavy (non-hydrogen) atoms. The molecule has 6 heteroatoms. The molecular formula is C14H12BrFN2O2. The number of benzene rings is 2. The van der Waals surface area contributed by atoms with Gasteiger partial charge in [0.2, 0.25) is 0 Å². The minimum Gasteiger partial charge on any atom is -0.344 e. The van der Waals surface area contributed by atoms with E-state index in [0.29, 0.717) is 11.0 Å². The van der Waals surface area contributed by atoms with Gasteiger partial charge in [0.1, 0.15) is 5.82 Å². The number of hydrogen-bond donors (Lipinski definition) is 0. The molecule has 2 aromatic carbocycles. The van der Waals surface area contributed by atoms with Crippen molar-refractivity contribution in [2.75, 3.05) is 11.9 Å². The van der Waals surface area contributed by atoms with Gasteiger partial charge in [-0.2, -0.15) is 0 Å². The number of hydrogen-bond acceptors (Lipinski definition) is 3. The van der Waals surface area contributed by atoms with Crippen LogP contribution in [0.15, 0.2) is 42.5 Å². The second-order valence-corrected chi connectivity index (χ2v) is 4.80. The molecule has 0 saturated carbocycles. The first-order valence-corrected chi connectivity index (χ1v) is 6.97. The Labute approximate surface area is 124 Å². The van der Waals surface area contributed by atoms with Gasteiger partial charge in [0, 0.05) is 35.9 Å². The van der Waals surface area contributed by atoms with Crippen LogP contribution in [-0.4, -0.2) is 12.0 Å². The van der Waals surface area contributed by atoms with Gasteiger partial charge in [0.25, 0.3) is 5.69 Å². The Bertz CT molecular complexity index is 649. The minimum absolute atomic E-state index is 0.0378. The van der Waals surface area contributed by atoms with Crippen molar-refractivity contribution >= 4 is 33.0 Å². The van der Waals surface area contributed by atoms with Crippen molar-refractivity contribution in [2.45, 2.75) is 5.33 Å². The number of alkyl halides is 1. The van der Waals surface area contributed by atoms with Crippen LogP contribution in [0.3, 0.4) is 0 Å². The molecule has 2 rings (SSSR count). The Morgan fingerprint density at radius 1 is 1.30 bits per heavy atom. The zero-order valence-electron chi connectivity index (χ0n) is 10.7. The Morgan fingerprint density at radius 2 is 2.05 bits per heavy atom. The summed E-state index contributed by atoms with van der Waals surface area (Å²) in [5, 5.41) is 11.3. The third-order valence-electron chi connectivity index (χ3n) is 2.97. The molecule has 0 aliphatic rings. The molecule has 0 aromatic heterocycles. The zero-order valence-corrected chi connectivity index (χ0v) is 12.3. The van der Waals surface area contributed by atoms with Gasteiger partial charge in [-0.15, -0.1) is 0 Å². The van der Waals surface area contributed by atoms with E-state index in [1.807, 2.05) is 0 Å². The SMILES string of the molecule is CN(c1cccc(F)c1)c1ccc([N+](=O)[O-])cc1CBr. The maximum atomic E-state index is 13.3. The minimum atomic E-state index is -0.432. The number of nitrogens with zero attached hydrogens (tertiary/aromatic N) is 2. The van der Waals surface area contributed by atoms with Gasteiger partial charge in [-0.3, -0.25) is 10.1 Å². The molecular weight excluding hydrogens is 327 g/mol. The fraction of sp³-hybridized carbons (Fsp3) is 0.143. The van der Waals surface area contributed by atoms with E-state index in [2.05, 4.69) is 15.9 Å². The van der Waals surface area contributed by atoms with E-state index in [-0.39, 0.29) is 11.5 Å². The molecule has 0 radical (unpaired) electrons. The Kier molecular flexibility index (Phi) is 4.34. The summed E-state index contributed by atoms with van der Waals surface area (Å²) in [4.78, 5) is 12.2. The van der Waals surface area contributed by atoms with Crippen molar-refractivity contribution in [3.8, 4) is 0 Å². The van der Waals surface area contributed by atoms with Crippen molar-refractivity contribution in [2.24, 2.45) is 0 Å². The third kappa shape index (κ3) is 2.96. The summed E-state index contributed by atoms with van der Waals surface area (Å²) < 4.78 is 13.3. The largest absolute Gasteiger partial charge is 0.344 e. The van der Waals surface area contributed by atoms with Crippen LogP contribution in [0.25, 0.3) is 0 Å². The standard InChI is InChI=1S/C14H12BrFN2O2/c1-17(12-4-2-3-11(16)8-12)14-6-5-13(18(19)20)7-10(14)9-15/h2-8H,9H2,1H3. The van der Waals surface area contributed by atoms with Crippen LogP contribution in [0.1, 0.15) is 5.56 Å². The Hall–Kier alpha value is -1.95. The maximum absolute atomic E-state index is 13.3. The molecule has 0 bridgehead atoms. The quantitative estimate of drug-likeness (QED) is 0.471. The number of halogens is 2. The van der Waals surface area contributed by atoms with E-state index in [9.17, 15) is 14.5 Å². The lowest BCUT2D eigenvalue weighted by atomic mass is 10.1. The van der Waals surface area contributed by atoms with Crippen LogP contribution >= 0.6 is 15.9 Å². The second-order valence-electron chi connectivity index (χ2n) is 4.24. The highest BCUT2D eigenvalue weighted by Crippen LogP contribution is 2.31. The lowest BCUT2D eigenvalue weighted by Gasteiger charge is -2.22. The number of nitro benzene ring substituents is 1. The fourth-order valence-electron chi connectivity index (χ4n) is 1.94. The van der Waals surface area contributed by atoms with E-state index >= 15 is 0 Å². The molecule has 0 aliphatic heterocycles. The molecule has 0 amide bonds. The van der Waals surface area contributed by atoms with Crippen molar-refractivity contribution in [1.82, 2.24) is 0 Å². The first-order valence-electron chi connectivity index (χ1n) is 5.85. The van der Waals surface area contributed by atoms with E-state index in [1.54, 1.807) is 30.1 Å². The number of anilines is 2. The summed E-state index contributed by atoms with van der Waals surface area (Å²) in [6.07, 6.45) is 0. The molecule has 104 valence electrons. The van der Waals surface area contributed by atoms with Crippen LogP contribution in [0.5, 0.6) is 0 Å². The summed E-state index contributed by atoms with van der Waals surface area (Å²) in [7, 11) is 1.79. The van der Waals surface area contributed by atoms with Crippen molar-refractivity contribution in [1.29, 1.82) is 0 Å². The first kappa shape index (κ1) is 14.5. The Balaban J connectivity index is 2.44. The molecule has 0 fully saturated rings. The average Bonchev–Trinajstić information content (AvgIpc) is 2.45. The molecule has 0 unspecified atom stereocenters. The van der Waals surface area contributed by atoms with Crippen LogP contribution in [0.2, 0.25) is 0 Å². The lowest BCUT2D eigenvalue weighted by Crippen LogP contribution is -2.11. The predicted octanol–water partition coefficient (Wildman–Crippen LogP) is 4.40. The third-order valence-corrected chi connectivity index (χ3v) is 3.58. The number of rotatable bonds is 4. The van der Waals surface area contributed by atoms with E-state index in [0.717, 1.165) is 11.3 Å². The van der Waals surface area contributed by atoms with Crippen molar-refractivity contribution in [3.05, 3.63) is 64.0 Å². The summed E-state index contributed by atoms with van der Waals surface area (Å²) >= 11 is 3.32. The van der Waals surface area contributed by atoms with Crippen LogP contribution in [0.4, 0.5) is 21.5 Å². The summed E-state index contributed by atoms with van der Waals surface area (Å²) in [6.45, 7) is 0. The van der Waals surface area contributed by atoms with Gasteiger partial charge in [-0.25, -0.2) is 4.39 Å². The highest BCUT2D eigenvalue weighted by Gasteiger charge is 2.14. The van der Waals surface area contributed by atoms with Gasteiger partial charge in [-0.05, 0) is 29.8 Å². The number of nitro groups is 1. The van der Waals surface area contributed by atoms with Crippen LogP contribution in [0, 0.1) is 15.9 Å². The smallest absolute Gasteiger partial charge is 0.269 e. The molecule has 0 heterocycles. The topological polar surface area (TPSA) is 46.4 Å². The van der Waals surface area contributed by atoms with Gasteiger partial charge >= 0.3 is 0 Å². The zero-order chi connectivity index (χ0) is 14.7. The molecule has 0 saturated heterocycles. The molecule has 0 aliphatic carbocycles. The molecule has 0 atom stereocenters. The van der Waals surface area contributed by atoms with E-state index < -0.39 is 4.92 Å². The predicted molar refractivity (Wildman–Crippen MR) is 80.2 cm³/mol. The lowest BCUT2D eigenvalue weighted by molar-refractivity contribution is -0.384. The van der Waals surface area contributed by atoms with E-state index in [1.165, 1.54) is 24.3 Å². The summed E-state index contributed by atoms with van der Waals surface area (Å²) in [5.74, 6) is -0.323. The van der Waals surface area contributed by atoms with Crippen molar-refractivity contribution < 1.29 is 9.31 Å². The normalized spacial score (nSPS) is 10.3. The summed E-state index contributed by atoms with van der Waals surface area (Å²) in [6, 6.07) is 10.8. The molecule has 0 N–H and O–H groups in total. The second kappa shape index (κ2) is 6.00. The fourth-order valence-corrected chi connectivity index (χ4v) is 2.39. The average molecular weight is 339 g/mol. The van der Waals surface area contributed by atoms with E-state index in [4.69, 9.17) is 0 Å². The number of non-ortho nitro benzene ring substituents is 1. The molecule has 0 spiro atoms. The molecule has 2 aromatic rings. The summed E-state index contributed by atoms with van der Waals surface area (Å²) in [5.41, 5.74) is 2.28. The monoisotopic (exact) mass is 338 g/mol. The van der Waals surface area contributed by atoms with Gasteiger partial charge in [0.15, 0.2) is 0 Å². The van der Waals surface area contributed by atoms with Crippen LogP contribution in [-0.2, 0) is 5.33 Å². The van der Waals surface area contributed by atoms with Gasteiger partial charge < -0.3 is 4.90 Å². The van der Waals surface area contributed by atoms with Gasteiger partial charge in [0.05, 0.1) is 4.92 Å².